The Balaban J connectivity index is -0.00000155. The second-order valence-electron chi connectivity index (χ2n) is 25.1. The molecule has 2 amide bonds. The normalized spacial score (nSPS) is 16.9. The third-order valence-electron chi connectivity index (χ3n) is 16.7. The van der Waals surface area contributed by atoms with E-state index in [0.717, 1.165) is 92.0 Å². The van der Waals surface area contributed by atoms with Gasteiger partial charge in [0, 0.05) is 30.7 Å². The van der Waals surface area contributed by atoms with Crippen molar-refractivity contribution in [1.82, 2.24) is 10.6 Å². The van der Waals surface area contributed by atoms with Crippen LogP contribution in [0.15, 0.2) is 182 Å². The Hall–Kier alpha value is -7.22. The van der Waals surface area contributed by atoms with Crippen LogP contribution in [0.25, 0.3) is 0 Å². The van der Waals surface area contributed by atoms with E-state index in [0.29, 0.717) is 34.9 Å². The van der Waals surface area contributed by atoms with Crippen LogP contribution in [0.2, 0.25) is 5.02 Å². The molecule has 14 nitrogen and oxygen atoms in total. The van der Waals surface area contributed by atoms with Gasteiger partial charge in [0.15, 0.2) is 0 Å². The molecule has 2 aliphatic heterocycles. The molecule has 3 N–H and O–H groups in total. The third-order valence-corrected chi connectivity index (χ3v) is 16.9. The monoisotopic (exact) mass is 1810 g/mol. The molecule has 2 saturated carbocycles. The van der Waals surface area contributed by atoms with Crippen molar-refractivity contribution in [2.75, 3.05) is 0 Å². The predicted octanol–water partition coefficient (Wildman–Crippen LogP) is 23.1. The number of aryl methyl sites for hydroxylation is 2. The summed E-state index contributed by atoms with van der Waals surface area (Å²) in [6, 6.07) is 45.6. The van der Waals surface area contributed by atoms with E-state index in [-0.39, 0.29) is 146 Å². The van der Waals surface area contributed by atoms with Gasteiger partial charge in [-0.05, 0) is 171 Å². The average molecular weight is 1810 g/mol. The van der Waals surface area contributed by atoms with E-state index >= 15 is 0 Å². The molecule has 12 rings (SSSR count). The standard InChI is InChI=1S/C33H36ClNO6.C33H35NO6.2C5H8.4CH3.2F5P.2FH.2Ru/c34-27-17-14-23(15-18-27)16-19-30(37)35-31(26-11-5-2-6-12-26)33(39)41-29(21-25-10-7-13-28(36)20-25)32(38)40-22-24-8-3-1-4-9-24;35-30-19-16-23-14-17-27(18-15-23)39-28-13-7-10-25(20-28)21-29(32(36)38-22-24-8-3-1-4-9-24)40-33(37)31(34-30)26-11-5-2-6-12-26;2*1-2-4-5-3-1;;;;;2*1-6(2,3,4)5;;;;/h1,3-4,7-10,13-15,17-18,20,26,29,31,36H,2,5-6,11-12,16,19,21-22H2,(H,35,37);1,3-4,7-10,13-15,17-18,20,26,29,31H,2,5-6,11-12,16,19,21-22H2,(H,34,35);2*1-2H,3-5H2;4*1H3;;;2*1H;;/q;;;;4*-1;;;;;2*+2/t29?,31-;;;;;;;;;;;;;/m0............./s1. The van der Waals surface area contributed by atoms with E-state index in [1.54, 1.807) is 24.3 Å². The number of esters is 4. The molecule has 6 aromatic carbocycles. The summed E-state index contributed by atoms with van der Waals surface area (Å²) >= 11 is 5.96. The van der Waals surface area contributed by atoms with Crippen molar-refractivity contribution in [3.05, 3.63) is 250 Å². The topological polar surface area (TPSA) is 193 Å². The minimum Gasteiger partial charge on any atom is -0.508 e. The van der Waals surface area contributed by atoms with E-state index < -0.39 is 64.5 Å². The Labute approximate surface area is 676 Å². The minimum absolute atomic E-state index is 0. The molecule has 4 bridgehead atoms. The zero-order chi connectivity index (χ0) is 74.7. The summed E-state index contributed by atoms with van der Waals surface area (Å²) in [6.45, 7) is 0.0940. The molecule has 0 spiro atoms. The largest absolute Gasteiger partial charge is 2.00 e. The van der Waals surface area contributed by atoms with E-state index in [1.165, 1.54) is 50.7 Å². The van der Waals surface area contributed by atoms with E-state index in [1.807, 2.05) is 121 Å². The first-order valence-electron chi connectivity index (χ1n) is 34.2. The van der Waals surface area contributed by atoms with Gasteiger partial charge in [-0.1, -0.05) is 184 Å². The van der Waals surface area contributed by atoms with Crippen LogP contribution in [0, 0.1) is 41.5 Å². The van der Waals surface area contributed by atoms with Gasteiger partial charge in [0.25, 0.3) is 0 Å². The van der Waals surface area contributed by atoms with Crippen LogP contribution in [0.1, 0.15) is 149 Å². The number of hydrogen-bond acceptors (Lipinski definition) is 12. The fourth-order valence-corrected chi connectivity index (χ4v) is 11.8. The molecule has 2 heterocycles. The van der Waals surface area contributed by atoms with Gasteiger partial charge in [-0.3, -0.25) is 19.0 Å². The van der Waals surface area contributed by atoms with Crippen molar-refractivity contribution in [1.29, 1.82) is 0 Å². The number of amides is 2. The summed E-state index contributed by atoms with van der Waals surface area (Å²) in [5.74, 6) is -1.87. The first-order chi connectivity index (χ1) is 48.9. The van der Waals surface area contributed by atoms with Gasteiger partial charge in [-0.15, -0.1) is 0 Å². The van der Waals surface area contributed by atoms with Crippen molar-refractivity contribution < 1.29 is 148 Å². The molecule has 6 aromatic rings. The van der Waals surface area contributed by atoms with Gasteiger partial charge < -0.3 is 69.1 Å². The number of rotatable bonds is 16. The summed E-state index contributed by atoms with van der Waals surface area (Å²) < 4.78 is 127. The molecule has 0 aromatic heterocycles. The second-order valence-corrected chi connectivity index (χ2v) is 28.1. The maximum atomic E-state index is 13.6. The number of fused-ring (bicyclic) bond motifs is 10. The Morgan fingerprint density at radius 2 is 1.04 bits per heavy atom. The summed E-state index contributed by atoms with van der Waals surface area (Å²) in [5, 5.41) is 16.4. The maximum absolute atomic E-state index is 13.6. The SMILES string of the molecule is C1=CCCC1.C1=CCCC1.F.F.FP(F)(F)(F)F.FP(F)(F)(F)F.O=C(CCc1ccc(Cl)cc1)N[C@H](C(=O)OC(Cc1cccc(O)c1)C(=O)OCc1ccccc1)C1CCCCC1.O=C1CCc2ccc(cc2)Oc2cccc(c2)CC(C(=O)OCc2ccccc2)OC(=O)C(C2CCCCC2)N1.[CH3-].[CH3-].[CH3-].[CH3-].[Ru+2].[Ru+2]. The van der Waals surface area contributed by atoms with E-state index in [9.17, 15) is 75.8 Å². The maximum Gasteiger partial charge on any atom is 2.00 e. The number of carbonyl (C=O) groups is 6. The van der Waals surface area contributed by atoms with Crippen molar-refractivity contribution >= 4 is 63.6 Å². The molecule has 2 fully saturated rings. The molecule has 4 atom stereocenters. The molecule has 31 heteroatoms. The molecule has 0 saturated heterocycles. The fourth-order valence-electron chi connectivity index (χ4n) is 11.6. The molecular formula is C80H101ClF12N2O12P2Ru2. The smallest absolute Gasteiger partial charge is 0.508 e. The predicted molar refractivity (Wildman–Crippen MR) is 407 cm³/mol. The molecule has 3 unspecified atom stereocenters. The number of benzene rings is 6. The van der Waals surface area contributed by atoms with Crippen LogP contribution in [0.3, 0.4) is 0 Å². The van der Waals surface area contributed by atoms with Crippen LogP contribution in [-0.4, -0.2) is 65.1 Å². The zero-order valence-electron chi connectivity index (χ0n) is 62.3. The van der Waals surface area contributed by atoms with Crippen LogP contribution in [0.5, 0.6) is 17.2 Å². The van der Waals surface area contributed by atoms with Crippen LogP contribution < -0.4 is 15.4 Å². The molecule has 620 valence electrons. The molecule has 6 aliphatic rings. The number of hydrogen-bond donors (Lipinski definition) is 3. The minimum atomic E-state index is -8.55. The second kappa shape index (κ2) is 54.5. The summed E-state index contributed by atoms with van der Waals surface area (Å²) in [5.41, 5.74) is 4.97. The first kappa shape index (κ1) is 108. The Bertz CT molecular complexity index is 3630. The van der Waals surface area contributed by atoms with Crippen LogP contribution in [0.4, 0.5) is 51.4 Å². The van der Waals surface area contributed by atoms with E-state index in [4.69, 9.17) is 35.3 Å². The number of aromatic hydroxyl groups is 1. The molecule has 4 aliphatic carbocycles. The van der Waals surface area contributed by atoms with Gasteiger partial charge in [-0.25, -0.2) is 19.2 Å². The molecular weight excluding hydrogens is 1710 g/mol. The first-order valence-corrected chi connectivity index (χ1v) is 37.9. The number of allylic oxidation sites excluding steroid dienone is 4. The Kier molecular flexibility index (Phi) is 53.0. The molecule has 111 heavy (non-hydrogen) atoms. The van der Waals surface area contributed by atoms with Crippen molar-refractivity contribution in [3.8, 4) is 17.2 Å². The summed E-state index contributed by atoms with van der Waals surface area (Å²) in [7, 11) is -17.1. The van der Waals surface area contributed by atoms with Gasteiger partial charge in [-0.2, -0.15) is 0 Å². The number of halogens is 13. The number of ether oxygens (including phenoxy) is 5. The number of nitrogens with one attached hydrogen (secondary N) is 2. The Morgan fingerprint density at radius 1 is 0.541 bits per heavy atom. The van der Waals surface area contributed by atoms with Gasteiger partial charge in [0.05, 0.1) is 0 Å². The van der Waals surface area contributed by atoms with Gasteiger partial charge in [0.2, 0.25) is 24.0 Å². The fraction of sp³-hybridized carbons (Fsp3) is 0.375. The number of phenols is 1. The number of carbonyl (C=O) groups excluding carboxylic acids is 6. The van der Waals surface area contributed by atoms with Crippen LogP contribution in [-0.2, 0) is 126 Å². The Morgan fingerprint density at radius 3 is 1.54 bits per heavy atom. The number of phenolic OH excluding ortho intramolecular Hbond substituents is 1. The van der Waals surface area contributed by atoms with Crippen molar-refractivity contribution in [2.45, 2.75) is 179 Å². The van der Waals surface area contributed by atoms with Crippen molar-refractivity contribution in [3.63, 3.8) is 0 Å². The molecule has 0 radical (unpaired) electrons. The van der Waals surface area contributed by atoms with Crippen LogP contribution >= 0.6 is 27.9 Å². The van der Waals surface area contributed by atoms with Gasteiger partial charge in [0.1, 0.15) is 42.5 Å². The van der Waals surface area contributed by atoms with Gasteiger partial charge >= 0.3 is 121 Å². The zero-order valence-corrected chi connectivity index (χ0v) is 68.3. The van der Waals surface area contributed by atoms with Crippen molar-refractivity contribution in [2.24, 2.45) is 11.8 Å². The average Bonchev–Trinajstić information content (AvgIpc) is 1.81. The summed E-state index contributed by atoms with van der Waals surface area (Å²) in [6.07, 6.45) is 25.5. The summed E-state index contributed by atoms with van der Waals surface area (Å²) in [4.78, 5) is 79.8. The third kappa shape index (κ3) is 48.5. The van der Waals surface area contributed by atoms with E-state index in [2.05, 4.69) is 34.9 Å². The quantitative estimate of drug-likeness (QED) is 0.0158.